The quantitative estimate of drug-likeness (QED) is 0.695. The van der Waals surface area contributed by atoms with Crippen molar-refractivity contribution in [2.75, 3.05) is 0 Å². The Morgan fingerprint density at radius 1 is 1.15 bits per heavy atom. The third-order valence-electron chi connectivity index (χ3n) is 2.05. The van der Waals surface area contributed by atoms with Gasteiger partial charge in [-0.1, -0.05) is 42.8 Å². The normalized spacial score (nSPS) is 10.6. The summed E-state index contributed by atoms with van der Waals surface area (Å²) in [5, 5.41) is 10.5. The summed E-state index contributed by atoms with van der Waals surface area (Å²) in [4.78, 5) is 0. The molecule has 3 heteroatoms. The summed E-state index contributed by atoms with van der Waals surface area (Å²) in [6, 6.07) is 7.93. The Labute approximate surface area is 81.6 Å². The summed E-state index contributed by atoms with van der Waals surface area (Å²) in [7, 11) is 0. The highest BCUT2D eigenvalue weighted by Gasteiger charge is 2.04. The predicted molar refractivity (Wildman–Crippen MR) is 53.9 cm³/mol. The monoisotopic (exact) mass is 192 g/mol. The molecule has 0 aliphatic carbocycles. The summed E-state index contributed by atoms with van der Waals surface area (Å²) < 4.78 is 0. The van der Waals surface area contributed by atoms with Gasteiger partial charge in [-0.05, 0) is 6.42 Å². The van der Waals surface area contributed by atoms with Crippen LogP contribution < -0.4 is 0 Å². The van der Waals surface area contributed by atoms with Gasteiger partial charge in [0.1, 0.15) is 0 Å². The molecule has 66 valence electrons. The average Bonchev–Trinajstić information content (AvgIpc) is 2.19. The lowest BCUT2D eigenvalue weighted by Gasteiger charge is -2.02. The maximum absolute atomic E-state index is 5.91. The number of halogens is 1. The van der Waals surface area contributed by atoms with Gasteiger partial charge >= 0.3 is 0 Å². The van der Waals surface area contributed by atoms with Crippen molar-refractivity contribution in [3.05, 3.63) is 35.1 Å². The van der Waals surface area contributed by atoms with Gasteiger partial charge in [0.15, 0.2) is 5.15 Å². The third-order valence-corrected chi connectivity index (χ3v) is 2.33. The second kappa shape index (κ2) is 3.30. The zero-order valence-electron chi connectivity index (χ0n) is 7.29. The maximum atomic E-state index is 5.91. The molecule has 0 amide bonds. The molecule has 0 saturated carbocycles. The van der Waals surface area contributed by atoms with Crippen LogP contribution in [0.2, 0.25) is 5.15 Å². The molecule has 0 spiro atoms. The second-order valence-corrected chi connectivity index (χ2v) is 3.19. The molecule has 1 aromatic carbocycles. The minimum absolute atomic E-state index is 0.479. The van der Waals surface area contributed by atoms with E-state index >= 15 is 0 Å². The largest absolute Gasteiger partial charge is 0.159 e. The van der Waals surface area contributed by atoms with E-state index in [1.54, 1.807) is 0 Å². The second-order valence-electron chi connectivity index (χ2n) is 2.84. The molecule has 2 nitrogen and oxygen atoms in total. The Balaban J connectivity index is 2.84. The van der Waals surface area contributed by atoms with Crippen molar-refractivity contribution in [1.29, 1.82) is 0 Å². The molecule has 0 radical (unpaired) electrons. The highest BCUT2D eigenvalue weighted by Crippen LogP contribution is 2.22. The number of benzene rings is 1. The van der Waals surface area contributed by atoms with Crippen molar-refractivity contribution in [3.63, 3.8) is 0 Å². The first kappa shape index (κ1) is 8.45. The number of aromatic nitrogens is 2. The van der Waals surface area contributed by atoms with Crippen LogP contribution in [0.25, 0.3) is 10.8 Å². The van der Waals surface area contributed by atoms with Crippen LogP contribution in [0, 0.1) is 0 Å². The summed E-state index contributed by atoms with van der Waals surface area (Å²) >= 11 is 5.91. The zero-order chi connectivity index (χ0) is 9.26. The van der Waals surface area contributed by atoms with Crippen LogP contribution in [0.1, 0.15) is 12.6 Å². The van der Waals surface area contributed by atoms with E-state index in [4.69, 9.17) is 11.6 Å². The molecule has 0 N–H and O–H groups in total. The smallest absolute Gasteiger partial charge is 0.154 e. The Bertz CT molecular complexity index is 440. The molecule has 2 rings (SSSR count). The molecule has 0 unspecified atom stereocenters. The van der Waals surface area contributed by atoms with Crippen LogP contribution in [-0.2, 0) is 6.42 Å². The van der Waals surface area contributed by atoms with Gasteiger partial charge in [-0.25, -0.2) is 0 Å². The van der Waals surface area contributed by atoms with E-state index in [2.05, 4.69) is 17.1 Å². The van der Waals surface area contributed by atoms with Crippen molar-refractivity contribution in [3.8, 4) is 0 Å². The molecule has 1 aromatic heterocycles. The van der Waals surface area contributed by atoms with Crippen molar-refractivity contribution < 1.29 is 0 Å². The lowest BCUT2D eigenvalue weighted by Crippen LogP contribution is -1.93. The summed E-state index contributed by atoms with van der Waals surface area (Å²) in [5.74, 6) is 0. The molecular formula is C10H9ClN2. The van der Waals surface area contributed by atoms with Crippen LogP contribution in [-0.4, -0.2) is 10.2 Å². The Kier molecular flexibility index (Phi) is 2.15. The molecule has 0 bridgehead atoms. The highest BCUT2D eigenvalue weighted by molar-refractivity contribution is 6.34. The van der Waals surface area contributed by atoms with Crippen LogP contribution in [0.4, 0.5) is 0 Å². The van der Waals surface area contributed by atoms with Gasteiger partial charge in [0.05, 0.1) is 5.69 Å². The van der Waals surface area contributed by atoms with Gasteiger partial charge in [0.2, 0.25) is 0 Å². The number of nitrogens with zero attached hydrogens (tertiary/aromatic N) is 2. The van der Waals surface area contributed by atoms with Gasteiger partial charge in [-0.2, -0.15) is 5.10 Å². The SMILES string of the molecule is CCc1nnc(Cl)c2ccccc12. The van der Waals surface area contributed by atoms with Crippen molar-refractivity contribution in [1.82, 2.24) is 10.2 Å². The predicted octanol–water partition coefficient (Wildman–Crippen LogP) is 2.85. The average molecular weight is 193 g/mol. The molecule has 2 aromatic rings. The fraction of sp³-hybridized carbons (Fsp3) is 0.200. The van der Waals surface area contributed by atoms with E-state index in [1.165, 1.54) is 0 Å². The van der Waals surface area contributed by atoms with Gasteiger partial charge in [0.25, 0.3) is 0 Å². The van der Waals surface area contributed by atoms with Crippen LogP contribution in [0.5, 0.6) is 0 Å². The minimum Gasteiger partial charge on any atom is -0.154 e. The molecule has 1 heterocycles. The molecule has 0 aliphatic heterocycles. The Hall–Kier alpha value is -1.15. The molecular weight excluding hydrogens is 184 g/mol. The number of rotatable bonds is 1. The summed E-state index contributed by atoms with van der Waals surface area (Å²) in [6.07, 6.45) is 0.880. The first-order valence-corrected chi connectivity index (χ1v) is 4.60. The Morgan fingerprint density at radius 3 is 2.54 bits per heavy atom. The van der Waals surface area contributed by atoms with Gasteiger partial charge < -0.3 is 0 Å². The van der Waals surface area contributed by atoms with Crippen LogP contribution in [0.15, 0.2) is 24.3 Å². The topological polar surface area (TPSA) is 25.8 Å². The number of aryl methyl sites for hydroxylation is 1. The standard InChI is InChI=1S/C10H9ClN2/c1-2-9-7-5-3-4-6-8(7)10(11)13-12-9/h3-6H,2H2,1H3. The van der Waals surface area contributed by atoms with E-state index in [0.29, 0.717) is 5.15 Å². The lowest BCUT2D eigenvalue weighted by atomic mass is 10.1. The van der Waals surface area contributed by atoms with E-state index in [1.807, 2.05) is 24.3 Å². The fourth-order valence-electron chi connectivity index (χ4n) is 1.39. The number of fused-ring (bicyclic) bond motifs is 1. The summed E-state index contributed by atoms with van der Waals surface area (Å²) in [6.45, 7) is 2.06. The van der Waals surface area contributed by atoms with Crippen LogP contribution >= 0.6 is 11.6 Å². The fourth-order valence-corrected chi connectivity index (χ4v) is 1.59. The molecule has 13 heavy (non-hydrogen) atoms. The molecule has 0 atom stereocenters. The maximum Gasteiger partial charge on any atom is 0.159 e. The number of hydrogen-bond acceptors (Lipinski definition) is 2. The first-order valence-electron chi connectivity index (χ1n) is 4.22. The van der Waals surface area contributed by atoms with Gasteiger partial charge in [0, 0.05) is 10.8 Å². The van der Waals surface area contributed by atoms with Crippen molar-refractivity contribution >= 4 is 22.4 Å². The zero-order valence-corrected chi connectivity index (χ0v) is 8.04. The van der Waals surface area contributed by atoms with Gasteiger partial charge in [-0.15, -0.1) is 5.10 Å². The number of hydrogen-bond donors (Lipinski definition) is 0. The summed E-state index contributed by atoms with van der Waals surface area (Å²) in [5.41, 5.74) is 1.00. The molecule has 0 saturated heterocycles. The highest BCUT2D eigenvalue weighted by atomic mass is 35.5. The minimum atomic E-state index is 0.479. The molecule has 0 fully saturated rings. The van der Waals surface area contributed by atoms with Crippen molar-refractivity contribution in [2.24, 2.45) is 0 Å². The lowest BCUT2D eigenvalue weighted by molar-refractivity contribution is 0.940. The molecule has 0 aliphatic rings. The first-order chi connectivity index (χ1) is 6.33. The van der Waals surface area contributed by atoms with Crippen molar-refractivity contribution in [2.45, 2.75) is 13.3 Å². The van der Waals surface area contributed by atoms with E-state index < -0.39 is 0 Å². The van der Waals surface area contributed by atoms with E-state index in [-0.39, 0.29) is 0 Å². The van der Waals surface area contributed by atoms with E-state index in [0.717, 1.165) is 22.9 Å². The van der Waals surface area contributed by atoms with E-state index in [9.17, 15) is 0 Å². The van der Waals surface area contributed by atoms with Crippen LogP contribution in [0.3, 0.4) is 0 Å². The van der Waals surface area contributed by atoms with Gasteiger partial charge in [-0.3, -0.25) is 0 Å². The Morgan fingerprint density at radius 2 is 1.85 bits per heavy atom. The third kappa shape index (κ3) is 1.38.